The summed E-state index contributed by atoms with van der Waals surface area (Å²) in [4.78, 5) is 22.3. The Balaban J connectivity index is 1.94. The lowest BCUT2D eigenvalue weighted by Gasteiger charge is -2.34. The highest BCUT2D eigenvalue weighted by atomic mass is 16.5. The average Bonchev–Trinajstić information content (AvgIpc) is 2.46. The SMILES string of the molecule is COc1nccc(OC2CCCN(C(=O)CC(C)(C)C)C2)n1. The van der Waals surface area contributed by atoms with Gasteiger partial charge in [-0.2, -0.15) is 4.98 Å². The number of ether oxygens (including phenoxy) is 2. The third-order valence-electron chi connectivity index (χ3n) is 3.49. The van der Waals surface area contributed by atoms with E-state index in [1.807, 2.05) is 4.90 Å². The number of aromatic nitrogens is 2. The molecule has 0 saturated carbocycles. The first-order valence-corrected chi connectivity index (χ1v) is 7.69. The minimum Gasteiger partial charge on any atom is -0.472 e. The number of methoxy groups -OCH3 is 1. The second kappa shape index (κ2) is 6.94. The fourth-order valence-electron chi connectivity index (χ4n) is 2.49. The molecule has 1 unspecified atom stereocenters. The van der Waals surface area contributed by atoms with Crippen molar-refractivity contribution in [3.05, 3.63) is 12.3 Å². The molecule has 1 atom stereocenters. The third kappa shape index (κ3) is 4.86. The van der Waals surface area contributed by atoms with Gasteiger partial charge in [0.05, 0.1) is 13.7 Å². The molecular formula is C16H25N3O3. The number of hydrogen-bond donors (Lipinski definition) is 0. The van der Waals surface area contributed by atoms with E-state index < -0.39 is 0 Å². The first-order chi connectivity index (χ1) is 10.4. The molecular weight excluding hydrogens is 282 g/mol. The van der Waals surface area contributed by atoms with E-state index in [9.17, 15) is 4.79 Å². The minimum absolute atomic E-state index is 0.00487. The highest BCUT2D eigenvalue weighted by molar-refractivity contribution is 5.77. The summed E-state index contributed by atoms with van der Waals surface area (Å²) in [6, 6.07) is 1.99. The monoisotopic (exact) mass is 307 g/mol. The van der Waals surface area contributed by atoms with Crippen molar-refractivity contribution in [2.45, 2.75) is 46.1 Å². The van der Waals surface area contributed by atoms with Crippen LogP contribution in [-0.4, -0.2) is 47.1 Å². The van der Waals surface area contributed by atoms with Gasteiger partial charge in [0.2, 0.25) is 11.8 Å². The molecule has 0 radical (unpaired) electrons. The van der Waals surface area contributed by atoms with Crippen LogP contribution in [0.25, 0.3) is 0 Å². The lowest BCUT2D eigenvalue weighted by Crippen LogP contribution is -2.45. The maximum Gasteiger partial charge on any atom is 0.319 e. The molecule has 1 aromatic heterocycles. The van der Waals surface area contributed by atoms with Crippen LogP contribution in [-0.2, 0) is 4.79 Å². The molecule has 2 rings (SSSR count). The van der Waals surface area contributed by atoms with Crippen LogP contribution in [0.3, 0.4) is 0 Å². The number of hydrogen-bond acceptors (Lipinski definition) is 5. The summed E-state index contributed by atoms with van der Waals surface area (Å²) >= 11 is 0. The molecule has 22 heavy (non-hydrogen) atoms. The van der Waals surface area contributed by atoms with Crippen LogP contribution in [0, 0.1) is 5.41 Å². The van der Waals surface area contributed by atoms with E-state index in [-0.39, 0.29) is 23.4 Å². The van der Waals surface area contributed by atoms with E-state index >= 15 is 0 Å². The molecule has 0 spiro atoms. The quantitative estimate of drug-likeness (QED) is 0.854. The summed E-state index contributed by atoms with van der Waals surface area (Å²) in [5, 5.41) is 0. The average molecular weight is 307 g/mol. The van der Waals surface area contributed by atoms with Crippen LogP contribution in [0.5, 0.6) is 11.9 Å². The Hall–Kier alpha value is -1.85. The summed E-state index contributed by atoms with van der Waals surface area (Å²) in [5.74, 6) is 0.683. The zero-order valence-electron chi connectivity index (χ0n) is 13.8. The van der Waals surface area contributed by atoms with E-state index in [0.29, 0.717) is 18.8 Å². The minimum atomic E-state index is -0.0303. The lowest BCUT2D eigenvalue weighted by molar-refractivity contribution is -0.135. The molecule has 2 heterocycles. The maximum atomic E-state index is 12.3. The predicted molar refractivity (Wildman–Crippen MR) is 82.9 cm³/mol. The van der Waals surface area contributed by atoms with Crippen molar-refractivity contribution in [3.8, 4) is 11.9 Å². The van der Waals surface area contributed by atoms with Gasteiger partial charge in [-0.3, -0.25) is 4.79 Å². The fourth-order valence-corrected chi connectivity index (χ4v) is 2.49. The Morgan fingerprint density at radius 2 is 2.23 bits per heavy atom. The number of likely N-dealkylation sites (tertiary alicyclic amines) is 1. The Kier molecular flexibility index (Phi) is 5.21. The van der Waals surface area contributed by atoms with Crippen LogP contribution in [0.4, 0.5) is 0 Å². The molecule has 122 valence electrons. The third-order valence-corrected chi connectivity index (χ3v) is 3.49. The number of carbonyl (C=O) groups is 1. The zero-order valence-corrected chi connectivity index (χ0v) is 13.8. The molecule has 0 aromatic carbocycles. The smallest absolute Gasteiger partial charge is 0.319 e. The topological polar surface area (TPSA) is 64.6 Å². The van der Waals surface area contributed by atoms with Gasteiger partial charge >= 0.3 is 6.01 Å². The molecule has 0 aliphatic carbocycles. The Bertz CT molecular complexity index is 514. The van der Waals surface area contributed by atoms with E-state index in [0.717, 1.165) is 19.4 Å². The van der Waals surface area contributed by atoms with Gasteiger partial charge in [0.15, 0.2) is 0 Å². The van der Waals surface area contributed by atoms with E-state index in [1.54, 1.807) is 12.3 Å². The predicted octanol–water partition coefficient (Wildman–Crippen LogP) is 2.29. The molecule has 6 heteroatoms. The highest BCUT2D eigenvalue weighted by Gasteiger charge is 2.27. The van der Waals surface area contributed by atoms with Crippen molar-refractivity contribution >= 4 is 5.91 Å². The van der Waals surface area contributed by atoms with Crippen molar-refractivity contribution in [3.63, 3.8) is 0 Å². The van der Waals surface area contributed by atoms with Gasteiger partial charge in [0.1, 0.15) is 6.10 Å². The first kappa shape index (κ1) is 16.5. The van der Waals surface area contributed by atoms with Gasteiger partial charge in [-0.15, -0.1) is 0 Å². The van der Waals surface area contributed by atoms with Crippen molar-refractivity contribution in [1.29, 1.82) is 0 Å². The van der Waals surface area contributed by atoms with Crippen LogP contribution < -0.4 is 9.47 Å². The molecule has 1 aromatic rings. The van der Waals surface area contributed by atoms with Gasteiger partial charge in [-0.05, 0) is 18.3 Å². The van der Waals surface area contributed by atoms with Crippen LogP contribution in [0.2, 0.25) is 0 Å². The van der Waals surface area contributed by atoms with Crippen LogP contribution in [0.1, 0.15) is 40.0 Å². The standard InChI is InChI=1S/C16H25N3O3/c1-16(2,3)10-14(20)19-9-5-6-12(11-19)22-13-7-8-17-15(18-13)21-4/h7-8,12H,5-6,9-11H2,1-4H3. The maximum absolute atomic E-state index is 12.3. The number of nitrogens with zero attached hydrogens (tertiary/aromatic N) is 3. The van der Waals surface area contributed by atoms with Gasteiger partial charge in [0.25, 0.3) is 0 Å². The molecule has 0 bridgehead atoms. The zero-order chi connectivity index (χ0) is 16.2. The van der Waals surface area contributed by atoms with Crippen molar-refractivity contribution in [1.82, 2.24) is 14.9 Å². The van der Waals surface area contributed by atoms with E-state index in [2.05, 4.69) is 30.7 Å². The second-order valence-electron chi connectivity index (χ2n) is 6.84. The normalized spacial score (nSPS) is 18.9. The van der Waals surface area contributed by atoms with Crippen LogP contribution >= 0.6 is 0 Å². The van der Waals surface area contributed by atoms with Gasteiger partial charge < -0.3 is 14.4 Å². The fraction of sp³-hybridized carbons (Fsp3) is 0.688. The summed E-state index contributed by atoms with van der Waals surface area (Å²) in [6.45, 7) is 7.66. The molecule has 0 N–H and O–H groups in total. The molecule has 1 amide bonds. The van der Waals surface area contributed by atoms with E-state index in [1.165, 1.54) is 7.11 Å². The first-order valence-electron chi connectivity index (χ1n) is 7.69. The molecule has 6 nitrogen and oxygen atoms in total. The second-order valence-corrected chi connectivity index (χ2v) is 6.84. The van der Waals surface area contributed by atoms with Gasteiger partial charge in [-0.25, -0.2) is 4.98 Å². The van der Waals surface area contributed by atoms with Crippen LogP contribution in [0.15, 0.2) is 12.3 Å². The largest absolute Gasteiger partial charge is 0.472 e. The number of rotatable bonds is 4. The van der Waals surface area contributed by atoms with Gasteiger partial charge in [0, 0.05) is 25.2 Å². The molecule has 1 fully saturated rings. The summed E-state index contributed by atoms with van der Waals surface area (Å²) in [5.41, 5.74) is 0.00487. The summed E-state index contributed by atoms with van der Waals surface area (Å²) in [6.07, 6.45) is 4.00. The summed E-state index contributed by atoms with van der Waals surface area (Å²) < 4.78 is 10.9. The molecule has 1 aliphatic heterocycles. The Labute approximate surface area is 131 Å². The number of amides is 1. The Morgan fingerprint density at radius 3 is 2.91 bits per heavy atom. The highest BCUT2D eigenvalue weighted by Crippen LogP contribution is 2.23. The lowest BCUT2D eigenvalue weighted by atomic mass is 9.91. The van der Waals surface area contributed by atoms with Crippen molar-refractivity contribution in [2.24, 2.45) is 5.41 Å². The van der Waals surface area contributed by atoms with Gasteiger partial charge in [-0.1, -0.05) is 20.8 Å². The van der Waals surface area contributed by atoms with E-state index in [4.69, 9.17) is 9.47 Å². The number of carbonyl (C=O) groups excluding carboxylic acids is 1. The molecule has 1 saturated heterocycles. The van der Waals surface area contributed by atoms with Crippen molar-refractivity contribution in [2.75, 3.05) is 20.2 Å². The summed E-state index contributed by atoms with van der Waals surface area (Å²) in [7, 11) is 1.52. The molecule has 1 aliphatic rings. The number of piperidine rings is 1. The Morgan fingerprint density at radius 1 is 1.45 bits per heavy atom. The van der Waals surface area contributed by atoms with Crippen molar-refractivity contribution < 1.29 is 14.3 Å².